The molecule has 0 saturated carbocycles. The van der Waals surface area contributed by atoms with Crippen molar-refractivity contribution in [3.05, 3.63) is 54.6 Å². The maximum absolute atomic E-state index is 11.2. The maximum Gasteiger partial charge on any atom is 0.233 e. The van der Waals surface area contributed by atoms with Crippen molar-refractivity contribution in [1.82, 2.24) is 0 Å². The third-order valence-corrected chi connectivity index (χ3v) is 1.84. The number of allylic oxidation sites excluding steroid dienone is 1. The third kappa shape index (κ3) is 1.69. The molecule has 2 nitrogen and oxygen atoms in total. The smallest absolute Gasteiger partial charge is 0.233 e. The Kier molecular flexibility index (Phi) is 3.13. The summed E-state index contributed by atoms with van der Waals surface area (Å²) in [4.78, 5) is 22.1. The molecule has 0 aliphatic heterocycles. The van der Waals surface area contributed by atoms with Gasteiger partial charge in [0, 0.05) is 5.56 Å². The van der Waals surface area contributed by atoms with E-state index in [0.717, 1.165) is 5.56 Å². The van der Waals surface area contributed by atoms with Gasteiger partial charge in [-0.2, -0.15) is 0 Å². The van der Waals surface area contributed by atoms with Crippen LogP contribution in [0.4, 0.5) is 0 Å². The zero-order valence-corrected chi connectivity index (χ0v) is 7.69. The van der Waals surface area contributed by atoms with Gasteiger partial charge in [0.25, 0.3) is 0 Å². The van der Waals surface area contributed by atoms with E-state index >= 15 is 0 Å². The molecule has 1 aromatic rings. The predicted molar refractivity (Wildman–Crippen MR) is 56.1 cm³/mol. The number of fused-ring (bicyclic) bond motifs is 1. The second-order valence-electron chi connectivity index (χ2n) is 2.61. The molecular weight excluding hydrogens is 176 g/mol. The summed E-state index contributed by atoms with van der Waals surface area (Å²) in [5.74, 6) is -0.846. The highest BCUT2D eigenvalue weighted by atomic mass is 16.2. The molecule has 0 spiro atoms. The van der Waals surface area contributed by atoms with E-state index in [1.165, 1.54) is 6.08 Å². The van der Waals surface area contributed by atoms with Gasteiger partial charge < -0.3 is 0 Å². The highest BCUT2D eigenvalue weighted by Crippen LogP contribution is 2.16. The standard InChI is InChI=1S/C10H6O2.C2H4/c11-9-6-5-7-3-1-2-4-8(7)10(9)12;1-2/h1-6H;1-2H2. The van der Waals surface area contributed by atoms with Gasteiger partial charge in [-0.1, -0.05) is 30.3 Å². The van der Waals surface area contributed by atoms with Gasteiger partial charge in [-0.25, -0.2) is 0 Å². The number of benzene rings is 1. The fourth-order valence-corrected chi connectivity index (χ4v) is 1.22. The molecule has 70 valence electrons. The van der Waals surface area contributed by atoms with Gasteiger partial charge in [-0.05, 0) is 11.6 Å². The van der Waals surface area contributed by atoms with E-state index in [9.17, 15) is 9.59 Å². The van der Waals surface area contributed by atoms with E-state index in [1.54, 1.807) is 18.2 Å². The highest BCUT2D eigenvalue weighted by Gasteiger charge is 2.19. The van der Waals surface area contributed by atoms with Crippen LogP contribution >= 0.6 is 0 Å². The monoisotopic (exact) mass is 186 g/mol. The third-order valence-electron chi connectivity index (χ3n) is 1.84. The Labute approximate surface area is 82.6 Å². The zero-order chi connectivity index (χ0) is 10.6. The van der Waals surface area contributed by atoms with Gasteiger partial charge in [0.2, 0.25) is 11.6 Å². The van der Waals surface area contributed by atoms with Crippen LogP contribution in [0.15, 0.2) is 43.5 Å². The lowest BCUT2D eigenvalue weighted by Gasteiger charge is -2.06. The van der Waals surface area contributed by atoms with Crippen molar-refractivity contribution in [3.8, 4) is 0 Å². The Bertz CT molecular complexity index is 403. The lowest BCUT2D eigenvalue weighted by atomic mass is 9.96. The molecule has 2 rings (SSSR count). The lowest BCUT2D eigenvalue weighted by Crippen LogP contribution is -2.15. The molecule has 14 heavy (non-hydrogen) atoms. The first-order valence-electron chi connectivity index (χ1n) is 4.15. The second kappa shape index (κ2) is 4.33. The van der Waals surface area contributed by atoms with Crippen LogP contribution in [0.25, 0.3) is 6.08 Å². The highest BCUT2D eigenvalue weighted by molar-refractivity contribution is 6.49. The number of rotatable bonds is 0. The molecule has 0 amide bonds. The van der Waals surface area contributed by atoms with E-state index in [4.69, 9.17) is 0 Å². The number of hydrogen-bond acceptors (Lipinski definition) is 2. The fraction of sp³-hybridized carbons (Fsp3) is 0. The molecule has 0 radical (unpaired) electrons. The minimum atomic E-state index is -0.436. The Morgan fingerprint density at radius 3 is 2.29 bits per heavy atom. The topological polar surface area (TPSA) is 34.1 Å². The summed E-state index contributed by atoms with van der Waals surface area (Å²) in [6, 6.07) is 7.07. The maximum atomic E-state index is 11.2. The van der Waals surface area contributed by atoms with Crippen LogP contribution in [0.2, 0.25) is 0 Å². The number of ketones is 2. The average Bonchev–Trinajstić information content (AvgIpc) is 2.27. The second-order valence-corrected chi connectivity index (χ2v) is 2.61. The molecule has 0 bridgehead atoms. The quantitative estimate of drug-likeness (QED) is 0.460. The zero-order valence-electron chi connectivity index (χ0n) is 7.69. The van der Waals surface area contributed by atoms with E-state index < -0.39 is 11.6 Å². The van der Waals surface area contributed by atoms with Gasteiger partial charge in [-0.15, -0.1) is 13.2 Å². The predicted octanol–water partition coefficient (Wildman–Crippen LogP) is 2.27. The van der Waals surface area contributed by atoms with Crippen LogP contribution < -0.4 is 0 Å². The van der Waals surface area contributed by atoms with Crippen molar-refractivity contribution < 1.29 is 9.59 Å². The van der Waals surface area contributed by atoms with E-state index in [2.05, 4.69) is 13.2 Å². The number of carbonyl (C=O) groups excluding carboxylic acids is 2. The van der Waals surface area contributed by atoms with Gasteiger partial charge in [-0.3, -0.25) is 9.59 Å². The first-order valence-corrected chi connectivity index (χ1v) is 4.15. The van der Waals surface area contributed by atoms with Crippen molar-refractivity contribution in [2.24, 2.45) is 0 Å². The molecule has 1 aromatic carbocycles. The Hall–Kier alpha value is -1.96. The van der Waals surface area contributed by atoms with Crippen LogP contribution in [0.1, 0.15) is 15.9 Å². The lowest BCUT2D eigenvalue weighted by molar-refractivity contribution is -0.110. The molecule has 0 aromatic heterocycles. The van der Waals surface area contributed by atoms with E-state index in [1.807, 2.05) is 12.1 Å². The molecule has 0 saturated heterocycles. The fourth-order valence-electron chi connectivity index (χ4n) is 1.22. The molecule has 0 heterocycles. The summed E-state index contributed by atoms with van der Waals surface area (Å²) < 4.78 is 0. The van der Waals surface area contributed by atoms with Crippen molar-refractivity contribution in [2.75, 3.05) is 0 Å². The van der Waals surface area contributed by atoms with Crippen molar-refractivity contribution in [1.29, 1.82) is 0 Å². The molecule has 2 heteroatoms. The Morgan fingerprint density at radius 2 is 1.57 bits per heavy atom. The molecule has 1 aliphatic rings. The number of Topliss-reactive ketones (excluding diaryl/α,β-unsaturated/α-hetero) is 1. The SMILES string of the molecule is C=C.O=C1C=Cc2ccccc2C1=O. The first-order chi connectivity index (χ1) is 6.79. The summed E-state index contributed by atoms with van der Waals surface area (Å²) in [5.41, 5.74) is 1.33. The summed E-state index contributed by atoms with van der Waals surface area (Å²) in [6.45, 7) is 6.00. The number of hydrogen-bond donors (Lipinski definition) is 0. The molecule has 0 N–H and O–H groups in total. The van der Waals surface area contributed by atoms with Crippen molar-refractivity contribution in [2.45, 2.75) is 0 Å². The van der Waals surface area contributed by atoms with Crippen LogP contribution in [0, 0.1) is 0 Å². The molecule has 0 atom stereocenters. The van der Waals surface area contributed by atoms with Crippen LogP contribution in [0.5, 0.6) is 0 Å². The van der Waals surface area contributed by atoms with Gasteiger partial charge in [0.15, 0.2) is 0 Å². The van der Waals surface area contributed by atoms with Gasteiger partial charge in [0.1, 0.15) is 0 Å². The van der Waals surface area contributed by atoms with Crippen LogP contribution in [0.3, 0.4) is 0 Å². The summed E-state index contributed by atoms with van der Waals surface area (Å²) in [7, 11) is 0. The summed E-state index contributed by atoms with van der Waals surface area (Å²) in [5, 5.41) is 0. The Morgan fingerprint density at radius 1 is 0.929 bits per heavy atom. The number of carbonyl (C=O) groups is 2. The van der Waals surface area contributed by atoms with Crippen molar-refractivity contribution >= 4 is 17.6 Å². The normalized spacial score (nSPS) is 12.9. The van der Waals surface area contributed by atoms with Crippen LogP contribution in [-0.2, 0) is 4.79 Å². The van der Waals surface area contributed by atoms with Crippen molar-refractivity contribution in [3.63, 3.8) is 0 Å². The van der Waals surface area contributed by atoms with Gasteiger partial charge >= 0.3 is 0 Å². The van der Waals surface area contributed by atoms with E-state index in [0.29, 0.717) is 5.56 Å². The van der Waals surface area contributed by atoms with Crippen LogP contribution in [-0.4, -0.2) is 11.6 Å². The average molecular weight is 186 g/mol. The molecule has 1 aliphatic carbocycles. The summed E-state index contributed by atoms with van der Waals surface area (Å²) in [6.07, 6.45) is 2.98. The minimum Gasteiger partial charge on any atom is -0.286 e. The minimum absolute atomic E-state index is 0.409. The molecule has 0 unspecified atom stereocenters. The first kappa shape index (κ1) is 10.1. The molecular formula is C12H10O2. The summed E-state index contributed by atoms with van der Waals surface area (Å²) >= 11 is 0. The largest absolute Gasteiger partial charge is 0.286 e. The Balaban J connectivity index is 0.000000461. The van der Waals surface area contributed by atoms with E-state index in [-0.39, 0.29) is 0 Å². The molecule has 0 fully saturated rings. The van der Waals surface area contributed by atoms with Gasteiger partial charge in [0.05, 0.1) is 0 Å².